The van der Waals surface area contributed by atoms with Crippen LogP contribution in [0.25, 0.3) is 0 Å². The van der Waals surface area contributed by atoms with Crippen LogP contribution >= 0.6 is 0 Å². The summed E-state index contributed by atoms with van der Waals surface area (Å²) in [7, 11) is 0. The van der Waals surface area contributed by atoms with Crippen LogP contribution in [0.15, 0.2) is 45.9 Å². The summed E-state index contributed by atoms with van der Waals surface area (Å²) >= 11 is 2.23. The van der Waals surface area contributed by atoms with Gasteiger partial charge in [-0.2, -0.15) is 0 Å². The van der Waals surface area contributed by atoms with Gasteiger partial charge in [0.25, 0.3) is 0 Å². The van der Waals surface area contributed by atoms with Crippen molar-refractivity contribution in [3.05, 3.63) is 51.4 Å². The third-order valence-electron chi connectivity index (χ3n) is 3.92. The maximum absolute atomic E-state index is 6.01. The quantitative estimate of drug-likeness (QED) is 0.536. The van der Waals surface area contributed by atoms with Gasteiger partial charge in [-0.05, 0) is 0 Å². The predicted molar refractivity (Wildman–Crippen MR) is 80.7 cm³/mol. The summed E-state index contributed by atoms with van der Waals surface area (Å²) in [5, 5.41) is 0. The van der Waals surface area contributed by atoms with Gasteiger partial charge in [-0.15, -0.1) is 0 Å². The molecule has 0 amide bonds. The minimum atomic E-state index is -0.000108. The summed E-state index contributed by atoms with van der Waals surface area (Å²) in [4.78, 5) is 0. The summed E-state index contributed by atoms with van der Waals surface area (Å²) in [5.74, 6) is 1.03. The van der Waals surface area contributed by atoms with Crippen molar-refractivity contribution in [3.63, 3.8) is 0 Å². The van der Waals surface area contributed by atoms with E-state index in [9.17, 15) is 0 Å². The number of para-hydroxylation sites is 1. The van der Waals surface area contributed by atoms with E-state index >= 15 is 0 Å². The first-order valence-corrected chi connectivity index (χ1v) is 8.19. The average Bonchev–Trinajstić information content (AvgIpc) is 2.86. The van der Waals surface area contributed by atoms with Gasteiger partial charge in [-0.1, -0.05) is 0 Å². The Labute approximate surface area is 134 Å². The van der Waals surface area contributed by atoms with Crippen molar-refractivity contribution >= 4 is 0 Å². The summed E-state index contributed by atoms with van der Waals surface area (Å²) in [6.07, 6.45) is 7.89. The molecular weight excluding hydrogens is 280 g/mol. The first-order chi connectivity index (χ1) is 9.57. The molecule has 0 spiro atoms. The van der Waals surface area contributed by atoms with Gasteiger partial charge in [0.05, 0.1) is 0 Å². The summed E-state index contributed by atoms with van der Waals surface area (Å²) in [5.41, 5.74) is 2.72. The zero-order valence-corrected chi connectivity index (χ0v) is 14.3. The molecule has 1 aliphatic rings. The van der Waals surface area contributed by atoms with Gasteiger partial charge in [0.2, 0.25) is 0 Å². The molecule has 0 unspecified atom stereocenters. The second kappa shape index (κ2) is 6.78. The third-order valence-corrected chi connectivity index (χ3v) is 4.66. The first kappa shape index (κ1) is 15.6. The Morgan fingerprint density at radius 3 is 2.65 bits per heavy atom. The van der Waals surface area contributed by atoms with E-state index in [0.29, 0.717) is 0 Å². The molecule has 0 heterocycles. The fraction of sp³-hybridized carbons (Fsp3) is 0.444. The van der Waals surface area contributed by atoms with Gasteiger partial charge in [-0.25, -0.2) is 0 Å². The van der Waals surface area contributed by atoms with E-state index in [1.807, 2.05) is 0 Å². The van der Waals surface area contributed by atoms with Crippen LogP contribution < -0.4 is 4.74 Å². The van der Waals surface area contributed by atoms with Crippen molar-refractivity contribution in [2.24, 2.45) is 0 Å². The molecule has 0 aromatic heterocycles. The molecule has 0 aliphatic heterocycles. The van der Waals surface area contributed by atoms with Gasteiger partial charge < -0.3 is 0 Å². The van der Waals surface area contributed by atoms with Gasteiger partial charge >= 0.3 is 134 Å². The molecule has 0 fully saturated rings. The van der Waals surface area contributed by atoms with E-state index in [1.165, 1.54) is 21.4 Å². The van der Waals surface area contributed by atoms with Gasteiger partial charge in [-0.3, -0.25) is 0 Å². The zero-order valence-electron chi connectivity index (χ0n) is 12.7. The Morgan fingerprint density at radius 1 is 1.25 bits per heavy atom. The van der Waals surface area contributed by atoms with Crippen molar-refractivity contribution in [3.8, 4) is 5.75 Å². The molecule has 1 aromatic rings. The third kappa shape index (κ3) is 3.27. The van der Waals surface area contributed by atoms with Crippen molar-refractivity contribution in [2.45, 2.75) is 45.4 Å². The van der Waals surface area contributed by atoms with Crippen LogP contribution in [-0.4, -0.2) is 6.61 Å². The molecule has 0 N–H and O–H groups in total. The molecular formula is C18H23OTi. The minimum absolute atomic E-state index is 0.000108. The molecule has 0 saturated heterocycles. The molecule has 1 nitrogen and oxygen atoms in total. The molecule has 1 aromatic carbocycles. The van der Waals surface area contributed by atoms with E-state index < -0.39 is 0 Å². The first-order valence-electron chi connectivity index (χ1n) is 7.41. The van der Waals surface area contributed by atoms with E-state index in [2.05, 4.69) is 77.6 Å². The average molecular weight is 303 g/mol. The number of rotatable bonds is 6. The van der Waals surface area contributed by atoms with Crippen LogP contribution in [0.4, 0.5) is 0 Å². The number of allylic oxidation sites excluding steroid dienone is 4. The van der Waals surface area contributed by atoms with E-state index in [0.717, 1.165) is 25.2 Å². The van der Waals surface area contributed by atoms with Crippen molar-refractivity contribution in [2.75, 3.05) is 6.61 Å². The predicted octanol–water partition coefficient (Wildman–Crippen LogP) is 4.90. The Hall–Kier alpha value is -0.786. The van der Waals surface area contributed by atoms with E-state index in [1.54, 1.807) is 0 Å². The van der Waals surface area contributed by atoms with Gasteiger partial charge in [0.15, 0.2) is 0 Å². The molecule has 20 heavy (non-hydrogen) atoms. The molecule has 0 atom stereocenters. The number of benzene rings is 1. The summed E-state index contributed by atoms with van der Waals surface area (Å²) < 4.78 is 7.48. The fourth-order valence-electron chi connectivity index (χ4n) is 2.67. The van der Waals surface area contributed by atoms with Gasteiger partial charge in [0.1, 0.15) is 0 Å². The van der Waals surface area contributed by atoms with Gasteiger partial charge in [0, 0.05) is 0 Å². The van der Waals surface area contributed by atoms with Crippen LogP contribution in [0, 0.1) is 0 Å². The Balaban J connectivity index is 2.31. The SMILES string of the molecule is CCCCOc1ccccc1C(C)(C)C1=[C]([Ti])CC=C1. The summed E-state index contributed by atoms with van der Waals surface area (Å²) in [6.45, 7) is 7.58. The molecule has 0 radical (unpaired) electrons. The van der Waals surface area contributed by atoms with Crippen LogP contribution in [0.3, 0.4) is 0 Å². The maximum atomic E-state index is 6.01. The number of ether oxygens (including phenoxy) is 1. The Morgan fingerprint density at radius 2 is 2.00 bits per heavy atom. The van der Waals surface area contributed by atoms with Crippen LogP contribution in [0.1, 0.15) is 45.6 Å². The summed E-state index contributed by atoms with van der Waals surface area (Å²) in [6, 6.07) is 8.47. The number of hydrogen-bond donors (Lipinski definition) is 0. The van der Waals surface area contributed by atoms with Crippen LogP contribution in [-0.2, 0) is 25.9 Å². The molecule has 0 saturated carbocycles. The van der Waals surface area contributed by atoms with E-state index in [4.69, 9.17) is 4.74 Å². The molecule has 2 rings (SSSR count). The molecule has 105 valence electrons. The van der Waals surface area contributed by atoms with E-state index in [-0.39, 0.29) is 5.41 Å². The second-order valence-corrected chi connectivity index (χ2v) is 6.76. The Bertz CT molecular complexity index is 526. The standard InChI is InChI=1S/C18H23O.Ti/c1-4-5-14-19-17-13-9-8-12-16(17)18(2,3)15-10-6-7-11-15;/h6,8-10,12-13H,4-5,7,14H2,1-3H3;. The monoisotopic (exact) mass is 303 g/mol. The zero-order chi connectivity index (χ0) is 14.6. The van der Waals surface area contributed by atoms with Crippen molar-refractivity contribution in [1.29, 1.82) is 0 Å². The molecule has 0 bridgehead atoms. The van der Waals surface area contributed by atoms with Crippen LogP contribution in [0.5, 0.6) is 5.75 Å². The topological polar surface area (TPSA) is 9.23 Å². The van der Waals surface area contributed by atoms with Crippen molar-refractivity contribution in [1.82, 2.24) is 0 Å². The Kier molecular flexibility index (Phi) is 5.29. The normalized spacial score (nSPS) is 14.9. The number of unbranched alkanes of at least 4 members (excludes halogenated alkanes) is 1. The van der Waals surface area contributed by atoms with Crippen molar-refractivity contribution < 1.29 is 25.2 Å². The molecule has 2 heteroatoms. The number of hydrogen-bond acceptors (Lipinski definition) is 1. The second-order valence-electron chi connectivity index (χ2n) is 5.82. The molecule has 1 aliphatic carbocycles. The fourth-order valence-corrected chi connectivity index (χ4v) is 3.47. The van der Waals surface area contributed by atoms with Crippen LogP contribution in [0.2, 0.25) is 0 Å².